The summed E-state index contributed by atoms with van der Waals surface area (Å²) in [6.07, 6.45) is 0.872. The number of nitrogens with one attached hydrogen (secondary N) is 1. The Morgan fingerprint density at radius 1 is 1.10 bits per heavy atom. The Hall–Kier alpha value is -0.250. The molecule has 6 heteroatoms. The number of halogens is 3. The number of benzene rings is 2. The summed E-state index contributed by atoms with van der Waals surface area (Å²) >= 11 is 9.78. The molecule has 0 aromatic heterocycles. The molecule has 0 atom stereocenters. The van der Waals surface area contributed by atoms with Crippen molar-refractivity contribution >= 4 is 57.0 Å². The van der Waals surface area contributed by atoms with Crippen LogP contribution in [0.25, 0.3) is 0 Å². The number of rotatable bonds is 5. The van der Waals surface area contributed by atoms with E-state index < -0.39 is 0 Å². The number of phenolic OH excluding ortho intramolecular Hbond substituents is 1. The van der Waals surface area contributed by atoms with Gasteiger partial charge in [0.2, 0.25) is 0 Å². The number of aromatic hydroxyl groups is 1. The second-order valence-corrected chi connectivity index (χ2v) is 6.71. The van der Waals surface area contributed by atoms with Gasteiger partial charge in [-0.1, -0.05) is 6.07 Å². The molecule has 0 saturated carbocycles. The monoisotopic (exact) mass is 515 g/mol. The van der Waals surface area contributed by atoms with E-state index >= 15 is 0 Å². The van der Waals surface area contributed by atoms with Gasteiger partial charge >= 0.3 is 0 Å². The molecule has 0 aliphatic heterocycles. The van der Waals surface area contributed by atoms with Crippen LogP contribution in [0.1, 0.15) is 5.56 Å². The molecule has 2 aromatic rings. The van der Waals surface area contributed by atoms with E-state index in [1.807, 2.05) is 12.1 Å². The SMILES string of the molecule is Oc1ccc(Oc2ccc(CCNCl)cc2I)cc1I. The van der Waals surface area contributed by atoms with Crippen LogP contribution in [0.4, 0.5) is 0 Å². The zero-order chi connectivity index (χ0) is 14.5. The van der Waals surface area contributed by atoms with Gasteiger partial charge in [0.25, 0.3) is 0 Å². The van der Waals surface area contributed by atoms with Crippen molar-refractivity contribution in [3.63, 3.8) is 0 Å². The number of hydrogen-bond donors (Lipinski definition) is 2. The minimum atomic E-state index is 0.261. The second kappa shape index (κ2) is 7.67. The predicted octanol–water partition coefficient (Wildman–Crippen LogP) is 4.68. The van der Waals surface area contributed by atoms with Crippen molar-refractivity contribution in [2.45, 2.75) is 6.42 Å². The third-order valence-corrected chi connectivity index (χ3v) is 4.55. The maximum atomic E-state index is 9.50. The fourth-order valence-corrected chi connectivity index (χ4v) is 2.92. The molecular formula is C14H12ClI2NO2. The molecule has 3 nitrogen and oxygen atoms in total. The van der Waals surface area contributed by atoms with Crippen molar-refractivity contribution in [2.24, 2.45) is 0 Å². The Balaban J connectivity index is 2.14. The number of ether oxygens (including phenoxy) is 1. The first-order chi connectivity index (χ1) is 9.60. The largest absolute Gasteiger partial charge is 0.507 e. The maximum absolute atomic E-state index is 9.50. The third kappa shape index (κ3) is 4.37. The van der Waals surface area contributed by atoms with Crippen LogP contribution >= 0.6 is 57.0 Å². The molecule has 0 heterocycles. The standard InChI is InChI=1S/C14H12ClI2NO2/c15-18-6-5-9-1-4-14(12(17)7-9)20-10-2-3-13(19)11(16)8-10/h1-4,7-8,18-19H,5-6H2. The molecule has 0 spiro atoms. The van der Waals surface area contributed by atoms with Gasteiger partial charge in [-0.2, -0.15) is 0 Å². The van der Waals surface area contributed by atoms with Crippen molar-refractivity contribution in [1.82, 2.24) is 4.84 Å². The summed E-state index contributed by atoms with van der Waals surface area (Å²) in [5.41, 5.74) is 1.20. The maximum Gasteiger partial charge on any atom is 0.140 e. The van der Waals surface area contributed by atoms with Crippen LogP contribution in [0.5, 0.6) is 17.2 Å². The van der Waals surface area contributed by atoms with Crippen LogP contribution in [-0.4, -0.2) is 11.7 Å². The van der Waals surface area contributed by atoms with Gasteiger partial charge in [0.15, 0.2) is 0 Å². The Morgan fingerprint density at radius 2 is 1.90 bits per heavy atom. The first-order valence-corrected chi connectivity index (χ1v) is 8.42. The van der Waals surface area contributed by atoms with Gasteiger partial charge in [0.05, 0.1) is 7.14 Å². The van der Waals surface area contributed by atoms with E-state index in [2.05, 4.69) is 56.1 Å². The normalized spacial score (nSPS) is 10.6. The number of phenols is 1. The van der Waals surface area contributed by atoms with E-state index in [1.54, 1.807) is 18.2 Å². The predicted molar refractivity (Wildman–Crippen MR) is 97.6 cm³/mol. The van der Waals surface area contributed by atoms with Crippen molar-refractivity contribution in [1.29, 1.82) is 0 Å². The molecule has 0 radical (unpaired) electrons. The van der Waals surface area contributed by atoms with Crippen molar-refractivity contribution < 1.29 is 9.84 Å². The summed E-state index contributed by atoms with van der Waals surface area (Å²) < 4.78 is 7.64. The van der Waals surface area contributed by atoms with Gasteiger partial charge in [-0.3, -0.25) is 0 Å². The zero-order valence-corrected chi connectivity index (χ0v) is 15.4. The second-order valence-electron chi connectivity index (χ2n) is 4.11. The lowest BCUT2D eigenvalue weighted by Gasteiger charge is -2.10. The highest BCUT2D eigenvalue weighted by Gasteiger charge is 2.06. The van der Waals surface area contributed by atoms with Crippen molar-refractivity contribution in [3.05, 3.63) is 49.1 Å². The Bertz CT molecular complexity index is 608. The molecule has 0 unspecified atom stereocenters. The van der Waals surface area contributed by atoms with E-state index in [-0.39, 0.29) is 5.75 Å². The molecule has 0 aliphatic carbocycles. The van der Waals surface area contributed by atoms with Gasteiger partial charge < -0.3 is 9.84 Å². The molecular weight excluding hydrogens is 503 g/mol. The molecule has 0 amide bonds. The smallest absolute Gasteiger partial charge is 0.140 e. The molecule has 2 N–H and O–H groups in total. The van der Waals surface area contributed by atoms with E-state index in [1.165, 1.54) is 5.56 Å². The summed E-state index contributed by atoms with van der Waals surface area (Å²) in [4.78, 5) is 2.62. The van der Waals surface area contributed by atoms with Crippen LogP contribution in [0.2, 0.25) is 0 Å². The fourth-order valence-electron chi connectivity index (χ4n) is 1.65. The van der Waals surface area contributed by atoms with E-state index in [9.17, 15) is 5.11 Å². The quantitative estimate of drug-likeness (QED) is 0.449. The summed E-state index contributed by atoms with van der Waals surface area (Å²) in [5.74, 6) is 1.77. The van der Waals surface area contributed by atoms with Gasteiger partial charge in [0, 0.05) is 6.54 Å². The van der Waals surface area contributed by atoms with Crippen molar-refractivity contribution in [3.8, 4) is 17.2 Å². The van der Waals surface area contributed by atoms with Crippen LogP contribution < -0.4 is 9.57 Å². The fraction of sp³-hybridized carbons (Fsp3) is 0.143. The number of hydrogen-bond acceptors (Lipinski definition) is 3. The summed E-state index contributed by atoms with van der Waals surface area (Å²) in [7, 11) is 0. The van der Waals surface area contributed by atoms with Gasteiger partial charge in [-0.05, 0) is 99.3 Å². The van der Waals surface area contributed by atoms with E-state index in [0.29, 0.717) is 5.75 Å². The first kappa shape index (κ1) is 16.1. The molecule has 0 saturated heterocycles. The lowest BCUT2D eigenvalue weighted by atomic mass is 10.1. The highest BCUT2D eigenvalue weighted by molar-refractivity contribution is 14.1. The molecule has 20 heavy (non-hydrogen) atoms. The Labute approximate surface area is 150 Å². The lowest BCUT2D eigenvalue weighted by Crippen LogP contribution is -2.04. The van der Waals surface area contributed by atoms with Crippen molar-refractivity contribution in [2.75, 3.05) is 6.54 Å². The minimum Gasteiger partial charge on any atom is -0.507 e. The van der Waals surface area contributed by atoms with Crippen LogP contribution in [0, 0.1) is 7.14 Å². The first-order valence-electron chi connectivity index (χ1n) is 5.88. The summed E-state index contributed by atoms with van der Waals surface area (Å²) in [5, 5.41) is 9.50. The minimum absolute atomic E-state index is 0.261. The molecule has 0 fully saturated rings. The third-order valence-electron chi connectivity index (χ3n) is 2.65. The van der Waals surface area contributed by atoms with Gasteiger partial charge in [-0.25, -0.2) is 4.84 Å². The average Bonchev–Trinajstić information content (AvgIpc) is 2.43. The average molecular weight is 516 g/mol. The zero-order valence-electron chi connectivity index (χ0n) is 10.4. The molecule has 0 aliphatic rings. The summed E-state index contributed by atoms with van der Waals surface area (Å²) in [6.45, 7) is 0.730. The topological polar surface area (TPSA) is 41.5 Å². The van der Waals surface area contributed by atoms with Gasteiger partial charge in [0.1, 0.15) is 17.2 Å². The van der Waals surface area contributed by atoms with Crippen LogP contribution in [0.3, 0.4) is 0 Å². The van der Waals surface area contributed by atoms with E-state index in [4.69, 9.17) is 16.5 Å². The summed E-state index contributed by atoms with van der Waals surface area (Å²) in [6, 6.07) is 11.2. The molecule has 106 valence electrons. The highest BCUT2D eigenvalue weighted by Crippen LogP contribution is 2.31. The Kier molecular flexibility index (Phi) is 6.19. The lowest BCUT2D eigenvalue weighted by molar-refractivity contribution is 0.459. The molecule has 2 rings (SSSR count). The Morgan fingerprint density at radius 3 is 2.55 bits per heavy atom. The van der Waals surface area contributed by atoms with E-state index in [0.717, 1.165) is 25.9 Å². The molecule has 0 bridgehead atoms. The molecule has 2 aromatic carbocycles. The van der Waals surface area contributed by atoms with Gasteiger partial charge in [-0.15, -0.1) is 0 Å². The van der Waals surface area contributed by atoms with Crippen LogP contribution in [-0.2, 0) is 6.42 Å². The highest BCUT2D eigenvalue weighted by atomic mass is 127. The van der Waals surface area contributed by atoms with Crippen LogP contribution in [0.15, 0.2) is 36.4 Å².